The molecule has 0 saturated carbocycles. The molecule has 31 heavy (non-hydrogen) atoms. The van der Waals surface area contributed by atoms with E-state index in [9.17, 15) is 4.79 Å². The van der Waals surface area contributed by atoms with Gasteiger partial charge in [-0.1, -0.05) is 78.9 Å². The highest BCUT2D eigenvalue weighted by atomic mass is 16.5. The Morgan fingerprint density at radius 1 is 0.903 bits per heavy atom. The van der Waals surface area contributed by atoms with Crippen molar-refractivity contribution >= 4 is 6.03 Å². The molecule has 2 amide bonds. The van der Waals surface area contributed by atoms with Gasteiger partial charge in [0.2, 0.25) is 0 Å². The number of benzene rings is 3. The first-order valence-corrected chi connectivity index (χ1v) is 10.5. The number of nitrogens with zero attached hydrogens (tertiary/aromatic N) is 1. The highest BCUT2D eigenvalue weighted by molar-refractivity contribution is 5.75. The van der Waals surface area contributed by atoms with Gasteiger partial charge in [0, 0.05) is 26.7 Å². The van der Waals surface area contributed by atoms with Crippen LogP contribution < -0.4 is 10.6 Å². The summed E-state index contributed by atoms with van der Waals surface area (Å²) in [6.45, 7) is 1.76. The lowest BCUT2D eigenvalue weighted by molar-refractivity contribution is 0.104. The molecule has 162 valence electrons. The second-order valence-electron chi connectivity index (χ2n) is 7.79. The molecule has 0 aliphatic rings. The zero-order chi connectivity index (χ0) is 22.1. The summed E-state index contributed by atoms with van der Waals surface area (Å²) >= 11 is 0. The molecule has 0 aliphatic carbocycles. The fourth-order valence-electron chi connectivity index (χ4n) is 3.54. The Balaban J connectivity index is 1.59. The maximum Gasteiger partial charge on any atom is 0.315 e. The van der Waals surface area contributed by atoms with Crippen LogP contribution in [0.5, 0.6) is 0 Å². The number of nitrogens with one attached hydrogen (secondary N) is 2. The van der Waals surface area contributed by atoms with E-state index in [1.54, 1.807) is 7.11 Å². The smallest absolute Gasteiger partial charge is 0.315 e. The molecule has 0 spiro atoms. The van der Waals surface area contributed by atoms with Crippen molar-refractivity contribution in [2.24, 2.45) is 0 Å². The third-order valence-electron chi connectivity index (χ3n) is 5.12. The first-order chi connectivity index (χ1) is 15.1. The van der Waals surface area contributed by atoms with Gasteiger partial charge in [0.25, 0.3) is 0 Å². The summed E-state index contributed by atoms with van der Waals surface area (Å²) in [7, 11) is 5.78. The number of carbonyl (C=O) groups is 1. The van der Waals surface area contributed by atoms with Crippen molar-refractivity contribution in [1.82, 2.24) is 15.5 Å². The van der Waals surface area contributed by atoms with Gasteiger partial charge in [0.15, 0.2) is 0 Å². The second kappa shape index (κ2) is 11.3. The average molecular weight is 418 g/mol. The van der Waals surface area contributed by atoms with Crippen LogP contribution in [0.4, 0.5) is 4.79 Å². The minimum atomic E-state index is -0.214. The fraction of sp³-hybridized carbons (Fsp3) is 0.269. The minimum absolute atomic E-state index is 0.181. The number of rotatable bonds is 9. The third-order valence-corrected chi connectivity index (χ3v) is 5.12. The molecule has 0 aromatic heterocycles. The molecule has 5 nitrogen and oxygen atoms in total. The quantitative estimate of drug-likeness (QED) is 0.535. The first-order valence-electron chi connectivity index (χ1n) is 10.5. The Morgan fingerprint density at radius 3 is 2.26 bits per heavy atom. The predicted molar refractivity (Wildman–Crippen MR) is 126 cm³/mol. The molecule has 3 aromatic carbocycles. The second-order valence-corrected chi connectivity index (χ2v) is 7.79. The molecule has 0 radical (unpaired) electrons. The minimum Gasteiger partial charge on any atom is -0.375 e. The molecule has 1 atom stereocenters. The van der Waals surface area contributed by atoms with Crippen molar-refractivity contribution in [2.45, 2.75) is 19.2 Å². The number of amides is 2. The van der Waals surface area contributed by atoms with Gasteiger partial charge in [0.1, 0.15) is 0 Å². The highest BCUT2D eigenvalue weighted by Gasteiger charge is 2.12. The molecule has 3 rings (SSSR count). The Labute approximate surface area is 185 Å². The molecule has 0 heterocycles. The van der Waals surface area contributed by atoms with Gasteiger partial charge in [-0.3, -0.25) is 0 Å². The molecule has 3 aromatic rings. The van der Waals surface area contributed by atoms with E-state index in [1.165, 1.54) is 5.56 Å². The number of ether oxygens (including phenoxy) is 1. The van der Waals surface area contributed by atoms with Crippen molar-refractivity contribution in [3.8, 4) is 11.1 Å². The maximum absolute atomic E-state index is 12.4. The van der Waals surface area contributed by atoms with E-state index in [4.69, 9.17) is 4.74 Å². The number of hydrogen-bond donors (Lipinski definition) is 2. The molecule has 1 unspecified atom stereocenters. The van der Waals surface area contributed by atoms with Crippen molar-refractivity contribution in [2.75, 3.05) is 27.7 Å². The summed E-state index contributed by atoms with van der Waals surface area (Å²) in [5.41, 5.74) is 5.65. The average Bonchev–Trinajstić information content (AvgIpc) is 2.79. The Bertz CT molecular complexity index is 956. The fourth-order valence-corrected chi connectivity index (χ4v) is 3.54. The number of urea groups is 1. The van der Waals surface area contributed by atoms with Gasteiger partial charge in [-0.15, -0.1) is 0 Å². The molecule has 0 saturated heterocycles. The van der Waals surface area contributed by atoms with E-state index < -0.39 is 0 Å². The Morgan fingerprint density at radius 2 is 1.58 bits per heavy atom. The predicted octanol–water partition coefficient (Wildman–Crippen LogP) is 4.60. The summed E-state index contributed by atoms with van der Waals surface area (Å²) in [6, 6.07) is 26.4. The van der Waals surface area contributed by atoms with Gasteiger partial charge in [-0.25, -0.2) is 4.79 Å². The first kappa shape index (κ1) is 22.5. The molecular weight excluding hydrogens is 386 g/mol. The molecule has 0 bridgehead atoms. The van der Waals surface area contributed by atoms with E-state index >= 15 is 0 Å². The molecule has 5 heteroatoms. The van der Waals surface area contributed by atoms with E-state index in [-0.39, 0.29) is 12.1 Å². The summed E-state index contributed by atoms with van der Waals surface area (Å²) in [5.74, 6) is 0. The normalized spacial score (nSPS) is 11.9. The van der Waals surface area contributed by atoms with Gasteiger partial charge in [0.05, 0.1) is 6.10 Å². The van der Waals surface area contributed by atoms with Crippen LogP contribution in [0.25, 0.3) is 11.1 Å². The van der Waals surface area contributed by atoms with E-state index in [1.807, 2.05) is 48.5 Å². The van der Waals surface area contributed by atoms with Crippen LogP contribution in [0, 0.1) is 0 Å². The van der Waals surface area contributed by atoms with E-state index in [0.29, 0.717) is 13.1 Å². The molecular formula is C26H31N3O2. The Hall–Kier alpha value is -3.15. The van der Waals surface area contributed by atoms with E-state index in [2.05, 4.69) is 60.0 Å². The highest BCUT2D eigenvalue weighted by Crippen LogP contribution is 2.24. The van der Waals surface area contributed by atoms with Crippen molar-refractivity contribution < 1.29 is 9.53 Å². The molecule has 2 N–H and O–H groups in total. The monoisotopic (exact) mass is 417 g/mol. The van der Waals surface area contributed by atoms with Crippen molar-refractivity contribution in [3.63, 3.8) is 0 Å². The summed E-state index contributed by atoms with van der Waals surface area (Å²) in [6.07, 6.45) is -0.181. The summed E-state index contributed by atoms with van der Waals surface area (Å²) in [5, 5.41) is 5.87. The zero-order valence-corrected chi connectivity index (χ0v) is 18.5. The zero-order valence-electron chi connectivity index (χ0n) is 18.5. The van der Waals surface area contributed by atoms with Gasteiger partial charge in [-0.2, -0.15) is 0 Å². The number of hydrogen-bond acceptors (Lipinski definition) is 3. The van der Waals surface area contributed by atoms with Crippen LogP contribution in [0.3, 0.4) is 0 Å². The largest absolute Gasteiger partial charge is 0.375 e. The van der Waals surface area contributed by atoms with Crippen LogP contribution in [0.1, 0.15) is 22.8 Å². The summed E-state index contributed by atoms with van der Waals surface area (Å²) < 4.78 is 5.51. The van der Waals surface area contributed by atoms with Crippen molar-refractivity contribution in [1.29, 1.82) is 0 Å². The lowest BCUT2D eigenvalue weighted by Gasteiger charge is -2.17. The molecule has 0 aliphatic heterocycles. The molecule has 0 fully saturated rings. The van der Waals surface area contributed by atoms with Gasteiger partial charge in [-0.05, 0) is 41.9 Å². The Kier molecular flexibility index (Phi) is 8.21. The SMILES string of the molecule is COC(CNC(=O)NCc1ccccc1-c1ccc(CN(C)C)cc1)c1ccccc1. The van der Waals surface area contributed by atoms with Gasteiger partial charge < -0.3 is 20.3 Å². The van der Waals surface area contributed by atoms with Crippen LogP contribution in [0.15, 0.2) is 78.9 Å². The van der Waals surface area contributed by atoms with Crippen LogP contribution in [-0.2, 0) is 17.8 Å². The lowest BCUT2D eigenvalue weighted by Crippen LogP contribution is -2.37. The third kappa shape index (κ3) is 6.67. The topological polar surface area (TPSA) is 53.6 Å². The van der Waals surface area contributed by atoms with Crippen molar-refractivity contribution in [3.05, 3.63) is 95.6 Å². The maximum atomic E-state index is 12.4. The standard InChI is InChI=1S/C26H31N3O2/c1-29(2)19-20-13-15-21(16-14-20)24-12-8-7-11-23(24)17-27-26(30)28-18-25(31-3)22-9-5-4-6-10-22/h4-16,25H,17-19H2,1-3H3,(H2,27,28,30). The van der Waals surface area contributed by atoms with Crippen LogP contribution >= 0.6 is 0 Å². The van der Waals surface area contributed by atoms with Crippen LogP contribution in [-0.4, -0.2) is 38.7 Å². The van der Waals surface area contributed by atoms with Crippen LogP contribution in [0.2, 0.25) is 0 Å². The number of carbonyl (C=O) groups excluding carboxylic acids is 1. The summed E-state index contributed by atoms with van der Waals surface area (Å²) in [4.78, 5) is 14.5. The number of methoxy groups -OCH3 is 1. The van der Waals surface area contributed by atoms with E-state index in [0.717, 1.165) is 28.8 Å². The lowest BCUT2D eigenvalue weighted by atomic mass is 9.98. The van der Waals surface area contributed by atoms with Gasteiger partial charge >= 0.3 is 6.03 Å².